The van der Waals surface area contributed by atoms with Crippen LogP contribution in [0.4, 0.5) is 0 Å². The average Bonchev–Trinajstić information content (AvgIpc) is 2.86. The Morgan fingerprint density at radius 3 is 2.85 bits per heavy atom. The Morgan fingerprint density at radius 1 is 1.62 bits per heavy atom. The van der Waals surface area contributed by atoms with E-state index in [1.807, 2.05) is 0 Å². The second kappa shape index (κ2) is 3.40. The molecule has 3 atom stereocenters. The highest BCUT2D eigenvalue weighted by Gasteiger charge is 2.40. The molecule has 0 aromatic carbocycles. The fraction of sp³-hybridized carbons (Fsp3) is 0.556. The van der Waals surface area contributed by atoms with Gasteiger partial charge in [0, 0.05) is 12.4 Å². The van der Waals surface area contributed by atoms with Gasteiger partial charge in [-0.3, -0.25) is 21.2 Å². The zero-order valence-electron chi connectivity index (χ0n) is 7.64. The minimum Gasteiger partial charge on any atom is -0.271 e. The molecule has 0 amide bonds. The maximum atomic E-state index is 5.49. The highest BCUT2D eigenvalue weighted by Crippen LogP contribution is 2.45. The zero-order chi connectivity index (χ0) is 9.26. The molecule has 13 heavy (non-hydrogen) atoms. The molecule has 0 bridgehead atoms. The molecule has 0 saturated heterocycles. The van der Waals surface area contributed by atoms with Gasteiger partial charge in [-0.15, -0.1) is 0 Å². The number of nitrogens with one attached hydrogen (secondary N) is 1. The van der Waals surface area contributed by atoms with E-state index in [0.29, 0.717) is 5.92 Å². The number of hydrogen-bond acceptors (Lipinski definition) is 4. The minimum absolute atomic E-state index is 0.170. The molecule has 4 heteroatoms. The SMILES string of the molecule is CC1CC1C(NN)c1cnccn1. The van der Waals surface area contributed by atoms with Crippen molar-refractivity contribution in [2.24, 2.45) is 17.7 Å². The van der Waals surface area contributed by atoms with Crippen molar-refractivity contribution in [1.82, 2.24) is 15.4 Å². The van der Waals surface area contributed by atoms with Crippen molar-refractivity contribution in [3.63, 3.8) is 0 Å². The summed E-state index contributed by atoms with van der Waals surface area (Å²) in [5.41, 5.74) is 3.75. The molecule has 1 aromatic rings. The summed E-state index contributed by atoms with van der Waals surface area (Å²) in [6.45, 7) is 2.23. The smallest absolute Gasteiger partial charge is 0.0772 e. The van der Waals surface area contributed by atoms with Gasteiger partial charge in [0.1, 0.15) is 0 Å². The number of aromatic nitrogens is 2. The third-order valence-electron chi connectivity index (χ3n) is 2.68. The summed E-state index contributed by atoms with van der Waals surface area (Å²) in [4.78, 5) is 8.27. The van der Waals surface area contributed by atoms with E-state index in [1.54, 1.807) is 18.6 Å². The molecule has 1 aliphatic carbocycles. The lowest BCUT2D eigenvalue weighted by atomic mass is 10.1. The Labute approximate surface area is 77.5 Å². The first kappa shape index (κ1) is 8.59. The van der Waals surface area contributed by atoms with Crippen molar-refractivity contribution >= 4 is 0 Å². The fourth-order valence-electron chi connectivity index (χ4n) is 1.71. The topological polar surface area (TPSA) is 63.8 Å². The Bertz CT molecular complexity index is 274. The summed E-state index contributed by atoms with van der Waals surface area (Å²) in [6.07, 6.45) is 6.38. The third-order valence-corrected chi connectivity index (χ3v) is 2.68. The van der Waals surface area contributed by atoms with Crippen molar-refractivity contribution in [1.29, 1.82) is 0 Å². The van der Waals surface area contributed by atoms with E-state index in [1.165, 1.54) is 6.42 Å². The van der Waals surface area contributed by atoms with Crippen LogP contribution in [0, 0.1) is 11.8 Å². The molecule has 0 radical (unpaired) electrons. The van der Waals surface area contributed by atoms with Crippen LogP contribution in [0.15, 0.2) is 18.6 Å². The van der Waals surface area contributed by atoms with E-state index >= 15 is 0 Å². The van der Waals surface area contributed by atoms with E-state index in [9.17, 15) is 0 Å². The maximum Gasteiger partial charge on any atom is 0.0772 e. The molecular weight excluding hydrogens is 164 g/mol. The first-order valence-corrected chi connectivity index (χ1v) is 4.55. The summed E-state index contributed by atoms with van der Waals surface area (Å²) in [5.74, 6) is 6.87. The van der Waals surface area contributed by atoms with Crippen LogP contribution in [0.1, 0.15) is 25.1 Å². The fourth-order valence-corrected chi connectivity index (χ4v) is 1.71. The lowest BCUT2D eigenvalue weighted by Crippen LogP contribution is -2.30. The molecule has 0 spiro atoms. The van der Waals surface area contributed by atoms with E-state index in [-0.39, 0.29) is 6.04 Å². The zero-order valence-corrected chi connectivity index (χ0v) is 7.64. The second-order valence-electron chi connectivity index (χ2n) is 3.65. The average molecular weight is 178 g/mol. The van der Waals surface area contributed by atoms with Gasteiger partial charge < -0.3 is 0 Å². The van der Waals surface area contributed by atoms with Crippen LogP contribution in [0.2, 0.25) is 0 Å². The summed E-state index contributed by atoms with van der Waals surface area (Å²) in [7, 11) is 0. The Morgan fingerprint density at radius 2 is 2.38 bits per heavy atom. The highest BCUT2D eigenvalue weighted by molar-refractivity contribution is 5.08. The van der Waals surface area contributed by atoms with Crippen molar-refractivity contribution < 1.29 is 0 Å². The van der Waals surface area contributed by atoms with Crippen LogP contribution in [0.25, 0.3) is 0 Å². The molecule has 3 N–H and O–H groups in total. The van der Waals surface area contributed by atoms with Gasteiger partial charge in [0.15, 0.2) is 0 Å². The van der Waals surface area contributed by atoms with Crippen LogP contribution in [0.5, 0.6) is 0 Å². The molecule has 1 aliphatic rings. The van der Waals surface area contributed by atoms with Gasteiger partial charge in [-0.05, 0) is 18.3 Å². The van der Waals surface area contributed by atoms with E-state index in [0.717, 1.165) is 11.6 Å². The summed E-state index contributed by atoms with van der Waals surface area (Å²) in [5, 5.41) is 0. The van der Waals surface area contributed by atoms with E-state index in [2.05, 4.69) is 22.3 Å². The van der Waals surface area contributed by atoms with Gasteiger partial charge in [-0.25, -0.2) is 0 Å². The quantitative estimate of drug-likeness (QED) is 0.526. The third kappa shape index (κ3) is 1.68. The van der Waals surface area contributed by atoms with Crippen LogP contribution >= 0.6 is 0 Å². The van der Waals surface area contributed by atoms with Crippen LogP contribution in [0.3, 0.4) is 0 Å². The first-order chi connectivity index (χ1) is 6.33. The van der Waals surface area contributed by atoms with E-state index < -0.39 is 0 Å². The molecule has 1 fully saturated rings. The van der Waals surface area contributed by atoms with Gasteiger partial charge in [0.25, 0.3) is 0 Å². The molecule has 1 saturated carbocycles. The molecule has 2 rings (SSSR count). The molecule has 3 unspecified atom stereocenters. The number of rotatable bonds is 3. The van der Waals surface area contributed by atoms with Crippen molar-refractivity contribution in [3.05, 3.63) is 24.3 Å². The Kier molecular flexibility index (Phi) is 2.24. The van der Waals surface area contributed by atoms with Crippen LogP contribution in [-0.2, 0) is 0 Å². The molecule has 70 valence electrons. The summed E-state index contributed by atoms with van der Waals surface area (Å²) >= 11 is 0. The molecule has 1 heterocycles. The molecule has 1 aromatic heterocycles. The highest BCUT2D eigenvalue weighted by atomic mass is 15.2. The second-order valence-corrected chi connectivity index (χ2v) is 3.65. The molecule has 0 aliphatic heterocycles. The van der Waals surface area contributed by atoms with Crippen molar-refractivity contribution in [2.75, 3.05) is 0 Å². The Balaban J connectivity index is 2.13. The van der Waals surface area contributed by atoms with Gasteiger partial charge in [0.2, 0.25) is 0 Å². The normalized spacial score (nSPS) is 28.5. The standard InChI is InChI=1S/C9H14N4/c1-6-4-7(6)9(13-10)8-5-11-2-3-12-8/h2-3,5-7,9,13H,4,10H2,1H3. The Hall–Kier alpha value is -1.00. The summed E-state index contributed by atoms with van der Waals surface area (Å²) in [6, 6.07) is 0.170. The van der Waals surface area contributed by atoms with Gasteiger partial charge in [-0.1, -0.05) is 6.92 Å². The largest absolute Gasteiger partial charge is 0.271 e. The maximum absolute atomic E-state index is 5.49. The predicted octanol–water partition coefficient (Wildman–Crippen LogP) is 0.637. The van der Waals surface area contributed by atoms with Crippen LogP contribution in [-0.4, -0.2) is 9.97 Å². The van der Waals surface area contributed by atoms with Gasteiger partial charge >= 0.3 is 0 Å². The van der Waals surface area contributed by atoms with Crippen LogP contribution < -0.4 is 11.3 Å². The van der Waals surface area contributed by atoms with Crippen molar-refractivity contribution in [3.8, 4) is 0 Å². The first-order valence-electron chi connectivity index (χ1n) is 4.55. The predicted molar refractivity (Wildman–Crippen MR) is 49.4 cm³/mol. The van der Waals surface area contributed by atoms with Gasteiger partial charge in [-0.2, -0.15) is 0 Å². The number of hydrogen-bond donors (Lipinski definition) is 2. The number of hydrazine groups is 1. The van der Waals surface area contributed by atoms with Crippen molar-refractivity contribution in [2.45, 2.75) is 19.4 Å². The van der Waals surface area contributed by atoms with Gasteiger partial charge in [0.05, 0.1) is 17.9 Å². The minimum atomic E-state index is 0.170. The monoisotopic (exact) mass is 178 g/mol. The number of nitrogens with zero attached hydrogens (tertiary/aromatic N) is 2. The van der Waals surface area contributed by atoms with E-state index in [4.69, 9.17) is 5.84 Å². The summed E-state index contributed by atoms with van der Waals surface area (Å²) < 4.78 is 0. The molecule has 4 nitrogen and oxygen atoms in total. The number of nitrogens with two attached hydrogens (primary N) is 1. The lowest BCUT2D eigenvalue weighted by molar-refractivity contribution is 0.463. The lowest BCUT2D eigenvalue weighted by Gasteiger charge is -2.13. The molecular formula is C9H14N4.